The van der Waals surface area contributed by atoms with Crippen LogP contribution in [0.2, 0.25) is 0 Å². The second-order valence-corrected chi connectivity index (χ2v) is 9.68. The van der Waals surface area contributed by atoms with Crippen molar-refractivity contribution >= 4 is 28.3 Å². The van der Waals surface area contributed by atoms with Gasteiger partial charge in [0.1, 0.15) is 11.9 Å². The lowest BCUT2D eigenvalue weighted by Gasteiger charge is -2.45. The fourth-order valence-electron chi connectivity index (χ4n) is 4.10. The summed E-state index contributed by atoms with van der Waals surface area (Å²) in [4.78, 5) is 25.0. The molecule has 4 rings (SSSR count). The number of ether oxygens (including phenoxy) is 2. The third-order valence-corrected chi connectivity index (χ3v) is 6.61. The summed E-state index contributed by atoms with van der Waals surface area (Å²) in [6.07, 6.45) is 1.12. The van der Waals surface area contributed by atoms with Crippen LogP contribution in [0.25, 0.3) is 0 Å². The van der Waals surface area contributed by atoms with Crippen molar-refractivity contribution in [1.82, 2.24) is 9.80 Å². The van der Waals surface area contributed by atoms with Gasteiger partial charge in [0, 0.05) is 39.2 Å². The minimum atomic E-state index is -6.18. The molecule has 0 N–H and O–H groups in total. The van der Waals surface area contributed by atoms with Crippen LogP contribution >= 0.6 is 0 Å². The Morgan fingerprint density at radius 1 is 1.35 bits per heavy atom. The maximum Gasteiger partial charge on any atom is 0.534 e. The molecule has 34 heavy (non-hydrogen) atoms. The topological polar surface area (TPSA) is 110 Å². The van der Waals surface area contributed by atoms with Gasteiger partial charge in [-0.1, -0.05) is 0 Å². The normalized spacial score (nSPS) is 26.9. The molecule has 3 atom stereocenters. The minimum Gasteiger partial charge on any atom is -0.489 e. The van der Waals surface area contributed by atoms with Gasteiger partial charge >= 0.3 is 15.6 Å². The third kappa shape index (κ3) is 3.76. The first-order valence-electron chi connectivity index (χ1n) is 9.95. The first kappa shape index (κ1) is 24.2. The number of carbonyl (C=O) groups is 1. The zero-order valence-corrected chi connectivity index (χ0v) is 19.0. The molecule has 1 aromatic carbocycles. The molecule has 3 aliphatic rings. The molecule has 15 heteroatoms. The van der Waals surface area contributed by atoms with Crippen molar-refractivity contribution in [2.24, 2.45) is 15.9 Å². The molecule has 0 aromatic heterocycles. The van der Waals surface area contributed by atoms with Gasteiger partial charge in [-0.05, 0) is 6.07 Å². The van der Waals surface area contributed by atoms with Crippen LogP contribution in [-0.2, 0) is 25.2 Å². The Morgan fingerprint density at radius 3 is 2.71 bits per heavy atom. The summed E-state index contributed by atoms with van der Waals surface area (Å²) in [6.45, 7) is 0.311. The predicted molar refractivity (Wildman–Crippen MR) is 109 cm³/mol. The molecule has 1 amide bonds. The SMILES string of the molecule is CN(C)C=NC1=N[C@@]2(C(=O)N1C)c1cc(OS(=O)(=O)C(F)(F)F)c(F)cc1O[C@H]1CCOC[C@@H]12. The van der Waals surface area contributed by atoms with E-state index in [2.05, 4.69) is 14.2 Å². The second kappa shape index (κ2) is 8.08. The van der Waals surface area contributed by atoms with Crippen molar-refractivity contribution in [3.63, 3.8) is 0 Å². The fourth-order valence-corrected chi connectivity index (χ4v) is 4.56. The summed E-state index contributed by atoms with van der Waals surface area (Å²) in [5.41, 5.74) is -7.75. The van der Waals surface area contributed by atoms with Crippen LogP contribution in [0.5, 0.6) is 11.5 Å². The number of carbonyl (C=O) groups excluding carboxylic acids is 1. The van der Waals surface area contributed by atoms with E-state index in [0.29, 0.717) is 25.2 Å². The van der Waals surface area contributed by atoms with Crippen LogP contribution in [0.3, 0.4) is 0 Å². The van der Waals surface area contributed by atoms with Gasteiger partial charge in [-0.3, -0.25) is 9.69 Å². The van der Waals surface area contributed by atoms with Crippen molar-refractivity contribution in [3.05, 3.63) is 23.5 Å². The van der Waals surface area contributed by atoms with Crippen molar-refractivity contribution in [3.8, 4) is 11.5 Å². The maximum absolute atomic E-state index is 14.6. The van der Waals surface area contributed by atoms with E-state index in [-0.39, 0.29) is 23.9 Å². The van der Waals surface area contributed by atoms with Crippen molar-refractivity contribution in [2.45, 2.75) is 23.6 Å². The number of likely N-dealkylation sites (N-methyl/N-ethyl adjacent to an activating group) is 1. The lowest BCUT2D eigenvalue weighted by Crippen LogP contribution is -2.56. The second-order valence-electron chi connectivity index (χ2n) is 8.14. The van der Waals surface area contributed by atoms with E-state index in [1.54, 1.807) is 19.0 Å². The van der Waals surface area contributed by atoms with E-state index in [4.69, 9.17) is 9.47 Å². The van der Waals surface area contributed by atoms with Crippen molar-refractivity contribution in [1.29, 1.82) is 0 Å². The van der Waals surface area contributed by atoms with Crippen LogP contribution in [0.1, 0.15) is 12.0 Å². The molecule has 3 heterocycles. The van der Waals surface area contributed by atoms with E-state index >= 15 is 0 Å². The number of alkyl halides is 3. The van der Waals surface area contributed by atoms with Gasteiger partial charge in [0.2, 0.25) is 5.96 Å². The van der Waals surface area contributed by atoms with Gasteiger partial charge in [0.15, 0.2) is 17.1 Å². The van der Waals surface area contributed by atoms with E-state index in [1.807, 2.05) is 0 Å². The van der Waals surface area contributed by atoms with Gasteiger partial charge in [-0.25, -0.2) is 14.4 Å². The predicted octanol–water partition coefficient (Wildman–Crippen LogP) is 1.46. The lowest BCUT2D eigenvalue weighted by molar-refractivity contribution is -0.141. The molecule has 10 nitrogen and oxygen atoms in total. The summed E-state index contributed by atoms with van der Waals surface area (Å²) >= 11 is 0. The number of hydrogen-bond donors (Lipinski definition) is 0. The number of benzene rings is 1. The molecular weight excluding hydrogens is 488 g/mol. The highest BCUT2D eigenvalue weighted by Crippen LogP contribution is 2.52. The molecule has 1 fully saturated rings. The van der Waals surface area contributed by atoms with E-state index in [9.17, 15) is 30.8 Å². The van der Waals surface area contributed by atoms with E-state index in [0.717, 1.165) is 4.90 Å². The molecule has 0 aliphatic carbocycles. The first-order valence-corrected chi connectivity index (χ1v) is 11.4. The molecular formula is C19H20F4N4O6S. The molecule has 0 unspecified atom stereocenters. The molecule has 0 radical (unpaired) electrons. The van der Waals surface area contributed by atoms with Crippen molar-refractivity contribution < 1.29 is 44.4 Å². The summed E-state index contributed by atoms with van der Waals surface area (Å²) in [6, 6.07) is 1.39. The van der Waals surface area contributed by atoms with Crippen molar-refractivity contribution in [2.75, 3.05) is 34.4 Å². The Labute approximate surface area is 191 Å². The zero-order chi connectivity index (χ0) is 25.1. The Kier molecular flexibility index (Phi) is 5.75. The number of hydrogen-bond acceptors (Lipinski definition) is 8. The molecule has 1 saturated heterocycles. The minimum absolute atomic E-state index is 0.00623. The molecule has 3 aliphatic heterocycles. The summed E-state index contributed by atoms with van der Waals surface area (Å²) < 4.78 is 91.6. The first-order chi connectivity index (χ1) is 15.8. The summed E-state index contributed by atoms with van der Waals surface area (Å²) in [5, 5.41) is 0. The highest BCUT2D eigenvalue weighted by Gasteiger charge is 2.61. The Balaban J connectivity index is 1.91. The summed E-state index contributed by atoms with van der Waals surface area (Å²) in [5.74, 6) is -4.19. The Hall–Kier alpha value is -2.94. The largest absolute Gasteiger partial charge is 0.534 e. The number of halogens is 4. The third-order valence-electron chi connectivity index (χ3n) is 5.65. The number of fused-ring (bicyclic) bond motifs is 4. The van der Waals surface area contributed by atoms with E-state index < -0.39 is 50.7 Å². The number of guanidine groups is 1. The molecule has 0 bridgehead atoms. The lowest BCUT2D eigenvalue weighted by atomic mass is 9.71. The molecule has 186 valence electrons. The highest BCUT2D eigenvalue weighted by atomic mass is 32.2. The Bertz CT molecular complexity index is 1190. The number of aliphatic imine (C=N–C) groups is 2. The Morgan fingerprint density at radius 2 is 2.06 bits per heavy atom. The van der Waals surface area contributed by atoms with Crippen LogP contribution < -0.4 is 8.92 Å². The highest BCUT2D eigenvalue weighted by molar-refractivity contribution is 7.88. The van der Waals surface area contributed by atoms with Gasteiger partial charge in [-0.2, -0.15) is 21.6 Å². The van der Waals surface area contributed by atoms with Crippen LogP contribution in [0.4, 0.5) is 17.6 Å². The van der Waals surface area contributed by atoms with Crippen LogP contribution in [0.15, 0.2) is 22.1 Å². The number of amides is 1. The van der Waals surface area contributed by atoms with Gasteiger partial charge < -0.3 is 18.6 Å². The standard InChI is InChI=1S/C19H20F4N4O6S/c1-26(2)9-24-17-25-18(16(28)27(17)3)10-6-15(33-34(29,30)19(21,22)23)12(20)7-14(10)32-13-4-5-31-8-11(13)18/h6-7,9,11,13H,4-5,8H2,1-3H3/t11-,13-,18-/m0/s1. The number of nitrogens with zero attached hydrogens (tertiary/aromatic N) is 4. The van der Waals surface area contributed by atoms with Crippen LogP contribution in [0, 0.1) is 11.7 Å². The number of rotatable bonds is 3. The van der Waals surface area contributed by atoms with Crippen LogP contribution in [-0.4, -0.2) is 82.4 Å². The van der Waals surface area contributed by atoms with Gasteiger partial charge in [0.05, 0.1) is 25.5 Å². The zero-order valence-electron chi connectivity index (χ0n) is 18.2. The van der Waals surface area contributed by atoms with Gasteiger partial charge in [0.25, 0.3) is 5.91 Å². The molecule has 1 spiro atoms. The molecule has 0 saturated carbocycles. The molecule has 1 aromatic rings. The average Bonchev–Trinajstić information content (AvgIpc) is 2.98. The quantitative estimate of drug-likeness (QED) is 0.200. The average molecular weight is 508 g/mol. The summed E-state index contributed by atoms with van der Waals surface area (Å²) in [7, 11) is -1.38. The monoisotopic (exact) mass is 508 g/mol. The smallest absolute Gasteiger partial charge is 0.489 e. The van der Waals surface area contributed by atoms with E-state index in [1.165, 1.54) is 13.4 Å². The van der Waals surface area contributed by atoms with Gasteiger partial charge in [-0.15, -0.1) is 0 Å². The maximum atomic E-state index is 14.6. The fraction of sp³-hybridized carbons (Fsp3) is 0.526.